The molecule has 4 nitrogen and oxygen atoms in total. The lowest BCUT2D eigenvalue weighted by atomic mass is 9.80. The summed E-state index contributed by atoms with van der Waals surface area (Å²) in [5.41, 5.74) is -1.36. The van der Waals surface area contributed by atoms with Crippen molar-refractivity contribution >= 4 is 11.9 Å². The fourth-order valence-corrected chi connectivity index (χ4v) is 1.72. The molecule has 0 fully saturated rings. The van der Waals surface area contributed by atoms with Crippen LogP contribution in [0.4, 0.5) is 0 Å². The lowest BCUT2D eigenvalue weighted by Crippen LogP contribution is -2.40. The van der Waals surface area contributed by atoms with E-state index in [0.717, 1.165) is 0 Å². The van der Waals surface area contributed by atoms with Crippen molar-refractivity contribution in [3.05, 3.63) is 49.1 Å². The van der Waals surface area contributed by atoms with Crippen LogP contribution in [0.2, 0.25) is 0 Å². The van der Waals surface area contributed by atoms with Crippen LogP contribution in [-0.2, 0) is 19.1 Å². The number of methoxy groups -OCH3 is 2. The highest BCUT2D eigenvalue weighted by atomic mass is 16.5. The van der Waals surface area contributed by atoms with E-state index in [1.165, 1.54) is 14.2 Å². The van der Waals surface area contributed by atoms with E-state index in [2.05, 4.69) is 6.58 Å². The fraction of sp³-hybridized carbons (Fsp3) is 0.375. The van der Waals surface area contributed by atoms with Crippen molar-refractivity contribution in [2.45, 2.75) is 19.8 Å². The molecule has 0 N–H and O–H groups in total. The number of hydrogen-bond acceptors (Lipinski definition) is 4. The smallest absolute Gasteiger partial charge is 0.323 e. The highest BCUT2D eigenvalue weighted by molar-refractivity contribution is 6.00. The van der Waals surface area contributed by atoms with Crippen LogP contribution in [0.15, 0.2) is 49.1 Å². The van der Waals surface area contributed by atoms with Crippen molar-refractivity contribution in [3.8, 4) is 0 Å². The van der Waals surface area contributed by atoms with Crippen molar-refractivity contribution in [3.63, 3.8) is 0 Å². The predicted octanol–water partition coefficient (Wildman–Crippen LogP) is 2.97. The minimum atomic E-state index is -1.36. The van der Waals surface area contributed by atoms with Gasteiger partial charge in [-0.2, -0.15) is 0 Å². The van der Waals surface area contributed by atoms with Gasteiger partial charge in [-0.15, -0.1) is 0 Å². The third-order valence-electron chi connectivity index (χ3n) is 2.80. The number of carbonyl (C=O) groups excluding carboxylic acids is 2. The first-order chi connectivity index (χ1) is 9.58. The summed E-state index contributed by atoms with van der Waals surface area (Å²) < 4.78 is 9.55. The van der Waals surface area contributed by atoms with Crippen LogP contribution >= 0.6 is 0 Å². The van der Waals surface area contributed by atoms with Crippen LogP contribution in [0.5, 0.6) is 0 Å². The van der Waals surface area contributed by atoms with Crippen LogP contribution in [-0.4, -0.2) is 26.2 Å². The van der Waals surface area contributed by atoms with Gasteiger partial charge in [-0.05, 0) is 19.8 Å². The van der Waals surface area contributed by atoms with E-state index < -0.39 is 17.4 Å². The molecular weight excluding hydrogens is 256 g/mol. The maximum absolute atomic E-state index is 12.1. The molecule has 0 atom stereocenters. The zero-order valence-corrected chi connectivity index (χ0v) is 12.3. The van der Waals surface area contributed by atoms with E-state index in [-0.39, 0.29) is 12.8 Å². The van der Waals surface area contributed by atoms with E-state index in [1.54, 1.807) is 30.4 Å². The average molecular weight is 278 g/mol. The van der Waals surface area contributed by atoms with Crippen molar-refractivity contribution in [2.24, 2.45) is 5.41 Å². The molecule has 0 aromatic heterocycles. The Morgan fingerprint density at radius 1 is 1.00 bits per heavy atom. The molecule has 0 aromatic rings. The van der Waals surface area contributed by atoms with Gasteiger partial charge in [0, 0.05) is 0 Å². The summed E-state index contributed by atoms with van der Waals surface area (Å²) in [4.78, 5) is 24.1. The first-order valence-electron chi connectivity index (χ1n) is 6.31. The van der Waals surface area contributed by atoms with E-state index >= 15 is 0 Å². The standard InChI is InChI=1S/C16H22O4/c1-5-7-9-11-13-16(14(17)19-3,15(18)20-4)12-10-8-6-2/h5-11H,2,12-13H2,1,3-4H3/b7-5+,10-8+,11-9+. The molecule has 0 unspecified atom stereocenters. The number of carbonyl (C=O) groups is 2. The van der Waals surface area contributed by atoms with Gasteiger partial charge in [-0.3, -0.25) is 9.59 Å². The predicted molar refractivity (Wildman–Crippen MR) is 79.0 cm³/mol. The first kappa shape index (κ1) is 17.9. The molecule has 0 heterocycles. The molecule has 0 radical (unpaired) electrons. The zero-order valence-electron chi connectivity index (χ0n) is 12.3. The second-order valence-electron chi connectivity index (χ2n) is 4.09. The summed E-state index contributed by atoms with van der Waals surface area (Å²) in [7, 11) is 2.51. The number of hydrogen-bond donors (Lipinski definition) is 0. The Morgan fingerprint density at radius 3 is 1.90 bits per heavy atom. The fourth-order valence-electron chi connectivity index (χ4n) is 1.72. The Bertz CT molecular complexity index is 400. The van der Waals surface area contributed by atoms with Gasteiger partial charge in [-0.25, -0.2) is 0 Å². The monoisotopic (exact) mass is 278 g/mol. The van der Waals surface area contributed by atoms with Crippen molar-refractivity contribution < 1.29 is 19.1 Å². The van der Waals surface area contributed by atoms with Gasteiger partial charge in [0.25, 0.3) is 0 Å². The van der Waals surface area contributed by atoms with Gasteiger partial charge in [0.1, 0.15) is 0 Å². The van der Waals surface area contributed by atoms with Gasteiger partial charge in [0.2, 0.25) is 0 Å². The normalized spacial score (nSPS) is 12.2. The maximum Gasteiger partial charge on any atom is 0.323 e. The Hall–Kier alpha value is -2.10. The Morgan fingerprint density at radius 2 is 1.50 bits per heavy atom. The summed E-state index contributed by atoms with van der Waals surface area (Å²) in [6, 6.07) is 0. The number of rotatable bonds is 8. The molecule has 0 bridgehead atoms. The molecule has 110 valence electrons. The molecule has 4 heteroatoms. The van der Waals surface area contributed by atoms with Gasteiger partial charge < -0.3 is 9.47 Å². The molecule has 0 amide bonds. The number of esters is 2. The Kier molecular flexibility index (Phi) is 8.75. The topological polar surface area (TPSA) is 52.6 Å². The molecule has 0 aliphatic rings. The van der Waals surface area contributed by atoms with Crippen LogP contribution in [0.25, 0.3) is 0 Å². The highest BCUT2D eigenvalue weighted by Gasteiger charge is 2.46. The third-order valence-corrected chi connectivity index (χ3v) is 2.80. The van der Waals surface area contributed by atoms with Gasteiger partial charge in [0.15, 0.2) is 5.41 Å². The van der Waals surface area contributed by atoms with E-state index in [4.69, 9.17) is 9.47 Å². The van der Waals surface area contributed by atoms with Crippen LogP contribution in [0.3, 0.4) is 0 Å². The molecule has 0 saturated heterocycles. The van der Waals surface area contributed by atoms with E-state index in [1.807, 2.05) is 19.1 Å². The quantitative estimate of drug-likeness (QED) is 0.389. The number of ether oxygens (including phenoxy) is 2. The summed E-state index contributed by atoms with van der Waals surface area (Å²) in [6.07, 6.45) is 12.5. The highest BCUT2D eigenvalue weighted by Crippen LogP contribution is 2.31. The second-order valence-corrected chi connectivity index (χ2v) is 4.09. The SMILES string of the molecule is C=C/C=C/CC(C/C=C/C=C/C)(C(=O)OC)C(=O)OC. The van der Waals surface area contributed by atoms with Gasteiger partial charge in [0.05, 0.1) is 14.2 Å². The summed E-state index contributed by atoms with van der Waals surface area (Å²) >= 11 is 0. The lowest BCUT2D eigenvalue weighted by molar-refractivity contribution is -0.168. The molecule has 0 aliphatic carbocycles. The molecule has 0 aliphatic heterocycles. The van der Waals surface area contributed by atoms with Crippen molar-refractivity contribution in [1.29, 1.82) is 0 Å². The number of allylic oxidation sites excluding steroid dienone is 7. The van der Waals surface area contributed by atoms with Crippen molar-refractivity contribution in [1.82, 2.24) is 0 Å². The Balaban J connectivity index is 5.40. The summed E-state index contributed by atoms with van der Waals surface area (Å²) in [6.45, 7) is 5.43. The van der Waals surface area contributed by atoms with Crippen LogP contribution in [0, 0.1) is 5.41 Å². The van der Waals surface area contributed by atoms with E-state index in [9.17, 15) is 9.59 Å². The third kappa shape index (κ3) is 4.88. The minimum absolute atomic E-state index is 0.193. The van der Waals surface area contributed by atoms with Gasteiger partial charge >= 0.3 is 11.9 Å². The van der Waals surface area contributed by atoms with Gasteiger partial charge in [-0.1, -0.05) is 49.1 Å². The van der Waals surface area contributed by atoms with E-state index in [0.29, 0.717) is 0 Å². The second kappa shape index (κ2) is 9.78. The molecule has 20 heavy (non-hydrogen) atoms. The lowest BCUT2D eigenvalue weighted by Gasteiger charge is -2.25. The Labute approximate surface area is 120 Å². The summed E-state index contributed by atoms with van der Waals surface area (Å²) in [5.74, 6) is -1.22. The average Bonchev–Trinajstić information content (AvgIpc) is 2.48. The summed E-state index contributed by atoms with van der Waals surface area (Å²) in [5, 5.41) is 0. The van der Waals surface area contributed by atoms with Crippen molar-refractivity contribution in [2.75, 3.05) is 14.2 Å². The zero-order chi connectivity index (χ0) is 15.4. The van der Waals surface area contributed by atoms with Crippen LogP contribution < -0.4 is 0 Å². The molecule has 0 aromatic carbocycles. The minimum Gasteiger partial charge on any atom is -0.468 e. The first-order valence-corrected chi connectivity index (χ1v) is 6.31. The van der Waals surface area contributed by atoms with Crippen LogP contribution in [0.1, 0.15) is 19.8 Å². The molecule has 0 rings (SSSR count). The molecule has 0 saturated carbocycles. The largest absolute Gasteiger partial charge is 0.468 e. The maximum atomic E-state index is 12.1. The molecular formula is C16H22O4. The molecule has 0 spiro atoms.